The third kappa shape index (κ3) is 5.30. The van der Waals surface area contributed by atoms with Crippen LogP contribution in [0.4, 0.5) is 0 Å². The van der Waals surface area contributed by atoms with E-state index >= 15 is 0 Å². The molecule has 0 saturated carbocycles. The second-order valence-electron chi connectivity index (χ2n) is 3.36. The second-order valence-corrected chi connectivity index (χ2v) is 3.36. The van der Waals surface area contributed by atoms with Crippen molar-refractivity contribution in [1.82, 2.24) is 5.01 Å². The van der Waals surface area contributed by atoms with Crippen LogP contribution in [-0.4, -0.2) is 68.5 Å². The monoisotopic (exact) mass is 201 g/mol. The molecule has 0 fully saturated rings. The quantitative estimate of drug-likeness (QED) is 0.284. The summed E-state index contributed by atoms with van der Waals surface area (Å²) >= 11 is 0. The summed E-state index contributed by atoms with van der Waals surface area (Å²) in [5, 5.41) is 31.4. The Hall–Kier alpha value is -0.0400. The van der Waals surface area contributed by atoms with E-state index in [0.717, 1.165) is 0 Å². The fourth-order valence-electron chi connectivity index (χ4n) is 0.821. The average Bonchev–Trinajstić information content (AvgIpc) is 1.96. The van der Waals surface area contributed by atoms with E-state index in [1.807, 2.05) is 0 Å². The summed E-state index contributed by atoms with van der Waals surface area (Å²) < 4.78 is 0. The molecule has 0 atom stereocenters. The zero-order valence-corrected chi connectivity index (χ0v) is 7.56. The molecular weight excluding hydrogens is 185 g/mol. The second kappa shape index (κ2) is 6.42. The molecular formula is C6H16N3NaO3. The third-order valence-electron chi connectivity index (χ3n) is 1.37. The van der Waals surface area contributed by atoms with Gasteiger partial charge in [0.15, 0.2) is 0 Å². The van der Waals surface area contributed by atoms with Gasteiger partial charge in [-0.2, -0.15) is 0 Å². The molecule has 74 valence electrons. The van der Waals surface area contributed by atoms with Crippen LogP contribution in [0.2, 0.25) is 0 Å². The predicted octanol–water partition coefficient (Wildman–Crippen LogP) is -0.303. The van der Waals surface area contributed by atoms with E-state index < -0.39 is 5.54 Å². The van der Waals surface area contributed by atoms with E-state index in [2.05, 4.69) is 5.28 Å². The molecule has 0 rings (SSSR count). The van der Waals surface area contributed by atoms with Gasteiger partial charge in [0.25, 0.3) is 0 Å². The van der Waals surface area contributed by atoms with Gasteiger partial charge in [0, 0.05) is 0 Å². The van der Waals surface area contributed by atoms with Gasteiger partial charge in [-0.1, -0.05) is 0 Å². The normalized spacial score (nSPS) is 12.2. The molecule has 0 bridgehead atoms. The first-order valence-electron chi connectivity index (χ1n) is 3.64. The van der Waals surface area contributed by atoms with Gasteiger partial charge in [-0.3, -0.25) is 0 Å². The molecule has 7 heteroatoms. The van der Waals surface area contributed by atoms with Gasteiger partial charge in [-0.05, 0) is 20.8 Å². The Labute approximate surface area is 99.7 Å². The number of nitrogens with zero attached hydrogens (tertiary/aromatic N) is 3. The minimum atomic E-state index is -0.475. The zero-order chi connectivity index (χ0) is 9.78. The Kier molecular flexibility index (Phi) is 7.62. The Bertz CT molecular complexity index is 169. The summed E-state index contributed by atoms with van der Waals surface area (Å²) in [7, 11) is 0. The van der Waals surface area contributed by atoms with E-state index in [1.54, 1.807) is 20.8 Å². The van der Waals surface area contributed by atoms with Crippen LogP contribution in [0.5, 0.6) is 0 Å². The van der Waals surface area contributed by atoms with Crippen molar-refractivity contribution in [3.63, 3.8) is 0 Å². The number of hydrazine groups is 1. The molecule has 0 amide bonds. The van der Waals surface area contributed by atoms with E-state index in [4.69, 9.17) is 10.3 Å². The summed E-state index contributed by atoms with van der Waals surface area (Å²) in [5.74, 6) is 0. The third-order valence-corrected chi connectivity index (χ3v) is 1.37. The average molecular weight is 201 g/mol. The van der Waals surface area contributed by atoms with E-state index in [-0.39, 0.29) is 47.7 Å². The number of aliphatic hydroxyl groups excluding tert-OH is 1. The summed E-state index contributed by atoms with van der Waals surface area (Å²) in [6, 6.07) is 0. The number of aliphatic hydroxyl groups is 1. The van der Waals surface area contributed by atoms with Crippen LogP contribution in [0.1, 0.15) is 20.8 Å². The first kappa shape index (κ1) is 15.4. The molecule has 6 nitrogen and oxygen atoms in total. The molecule has 0 aliphatic rings. The molecule has 13 heavy (non-hydrogen) atoms. The van der Waals surface area contributed by atoms with Crippen molar-refractivity contribution in [2.24, 2.45) is 5.28 Å². The minimum absolute atomic E-state index is 0. The van der Waals surface area contributed by atoms with Crippen molar-refractivity contribution in [1.29, 1.82) is 0 Å². The van der Waals surface area contributed by atoms with E-state index in [1.165, 1.54) is 5.01 Å². The first-order valence-corrected chi connectivity index (χ1v) is 3.64. The number of hydrogen-bond donors (Lipinski definition) is 2. The maximum atomic E-state index is 10.9. The molecule has 0 unspecified atom stereocenters. The van der Waals surface area contributed by atoms with Crippen molar-refractivity contribution < 1.29 is 15.3 Å². The predicted molar refractivity (Wildman–Crippen MR) is 48.5 cm³/mol. The molecule has 0 aromatic heterocycles. The van der Waals surface area contributed by atoms with Crippen molar-refractivity contribution in [2.45, 2.75) is 26.3 Å². The molecule has 0 radical (unpaired) electrons. The van der Waals surface area contributed by atoms with E-state index in [9.17, 15) is 5.21 Å². The van der Waals surface area contributed by atoms with Crippen molar-refractivity contribution in [3.8, 4) is 0 Å². The van der Waals surface area contributed by atoms with Crippen LogP contribution in [0.15, 0.2) is 5.28 Å². The fourth-order valence-corrected chi connectivity index (χ4v) is 0.821. The molecule has 0 spiro atoms. The van der Waals surface area contributed by atoms with Crippen molar-refractivity contribution in [2.75, 3.05) is 13.2 Å². The number of β-amino-alcohol motifs (C(OH)–C–C–N with tert-alkyl or cyclic N) is 1. The molecule has 0 aromatic rings. The Morgan fingerprint density at radius 3 is 2.15 bits per heavy atom. The van der Waals surface area contributed by atoms with Crippen LogP contribution < -0.4 is 0 Å². The van der Waals surface area contributed by atoms with Crippen LogP contribution >= 0.6 is 0 Å². The van der Waals surface area contributed by atoms with Crippen LogP contribution in [-0.2, 0) is 0 Å². The van der Waals surface area contributed by atoms with Gasteiger partial charge < -0.3 is 15.5 Å². The van der Waals surface area contributed by atoms with Gasteiger partial charge in [0.2, 0.25) is 5.28 Å². The van der Waals surface area contributed by atoms with Crippen molar-refractivity contribution >= 4 is 29.6 Å². The maximum absolute atomic E-state index is 10.9. The Morgan fingerprint density at radius 1 is 1.46 bits per heavy atom. The van der Waals surface area contributed by atoms with Gasteiger partial charge in [0.1, 0.15) is 6.54 Å². The van der Waals surface area contributed by atoms with Crippen LogP contribution in [0.25, 0.3) is 0 Å². The fraction of sp³-hybridized carbons (Fsp3) is 1.00. The summed E-state index contributed by atoms with van der Waals surface area (Å²) in [5.41, 5.74) is -0.475. The van der Waals surface area contributed by atoms with Gasteiger partial charge in [-0.25, -0.2) is 0 Å². The zero-order valence-electron chi connectivity index (χ0n) is 7.56. The molecule has 0 aliphatic heterocycles. The topological polar surface area (TPSA) is 82.1 Å². The number of hydrogen-bond acceptors (Lipinski definition) is 3. The molecule has 0 heterocycles. The summed E-state index contributed by atoms with van der Waals surface area (Å²) in [6.45, 7) is 5.30. The Morgan fingerprint density at radius 2 is 1.92 bits per heavy atom. The summed E-state index contributed by atoms with van der Waals surface area (Å²) in [6.07, 6.45) is 0. The van der Waals surface area contributed by atoms with Gasteiger partial charge in [-0.15, -0.1) is 5.01 Å². The number of rotatable bonds is 3. The van der Waals surface area contributed by atoms with Crippen LogP contribution in [0.3, 0.4) is 0 Å². The van der Waals surface area contributed by atoms with Gasteiger partial charge in [0.05, 0.1) is 17.1 Å². The molecule has 2 N–H and O–H groups in total. The SMILES string of the molecule is CC(C)(C)N(CCO)[N+]([O-])=NO.[NaH]. The summed E-state index contributed by atoms with van der Waals surface area (Å²) in [4.78, 5) is 0.0657. The Balaban J connectivity index is 0. The van der Waals surface area contributed by atoms with Gasteiger partial charge >= 0.3 is 29.6 Å². The molecule has 0 aromatic carbocycles. The van der Waals surface area contributed by atoms with E-state index in [0.29, 0.717) is 0 Å². The van der Waals surface area contributed by atoms with Crippen LogP contribution in [0, 0.1) is 5.21 Å². The molecule has 0 aliphatic carbocycles. The standard InChI is InChI=1S/C6H15N3O3.Na.H/c1-6(2,3)8(4-5-10)9(12)7-11;;/h10-11H,4-5H2,1-3H3;;. The first-order chi connectivity index (χ1) is 5.43. The van der Waals surface area contributed by atoms with Crippen molar-refractivity contribution in [3.05, 3.63) is 5.21 Å². The molecule has 0 saturated heterocycles.